The zero-order chi connectivity index (χ0) is 18.7. The molecule has 2 fully saturated rings. The average Bonchev–Trinajstić information content (AvgIpc) is 3.01. The summed E-state index contributed by atoms with van der Waals surface area (Å²) in [6.07, 6.45) is 2.61. The molecule has 0 spiro atoms. The summed E-state index contributed by atoms with van der Waals surface area (Å²) >= 11 is 0. The number of hydrogen-bond donors (Lipinski definition) is 0. The van der Waals surface area contributed by atoms with E-state index in [4.69, 9.17) is 0 Å². The molecule has 0 radical (unpaired) electrons. The van der Waals surface area contributed by atoms with Gasteiger partial charge >= 0.3 is 0 Å². The minimum absolute atomic E-state index is 0.0726. The zero-order valence-electron chi connectivity index (χ0n) is 14.5. The normalized spacial score (nSPS) is 20.3. The predicted molar refractivity (Wildman–Crippen MR) is 92.0 cm³/mol. The first-order valence-electron chi connectivity index (χ1n) is 8.83. The van der Waals surface area contributed by atoms with Crippen LogP contribution in [-0.2, 0) is 14.8 Å². The fraction of sp³-hybridized carbons (Fsp3) is 0.588. The quantitative estimate of drug-likeness (QED) is 0.781. The second kappa shape index (κ2) is 7.98. The largest absolute Gasteiger partial charge is 0.342 e. The van der Waals surface area contributed by atoms with E-state index >= 15 is 0 Å². The van der Waals surface area contributed by atoms with Crippen LogP contribution in [0, 0.1) is 11.6 Å². The first-order valence-corrected chi connectivity index (χ1v) is 10.3. The molecule has 0 saturated carbocycles. The predicted octanol–water partition coefficient (Wildman–Crippen LogP) is 1.28. The molecule has 6 nitrogen and oxygen atoms in total. The molecule has 26 heavy (non-hydrogen) atoms. The van der Waals surface area contributed by atoms with Crippen molar-refractivity contribution in [1.29, 1.82) is 0 Å². The maximum absolute atomic E-state index is 13.9. The van der Waals surface area contributed by atoms with Crippen molar-refractivity contribution in [3.05, 3.63) is 29.8 Å². The van der Waals surface area contributed by atoms with E-state index < -0.39 is 26.6 Å². The van der Waals surface area contributed by atoms with E-state index in [2.05, 4.69) is 0 Å². The van der Waals surface area contributed by atoms with Gasteiger partial charge in [-0.15, -0.1) is 0 Å². The van der Waals surface area contributed by atoms with Crippen molar-refractivity contribution >= 4 is 15.9 Å². The fourth-order valence-electron chi connectivity index (χ4n) is 3.43. The molecule has 0 N–H and O–H groups in total. The third-order valence-corrected chi connectivity index (χ3v) is 6.81. The zero-order valence-corrected chi connectivity index (χ0v) is 15.4. The van der Waals surface area contributed by atoms with Crippen LogP contribution in [0.2, 0.25) is 0 Å². The van der Waals surface area contributed by atoms with Gasteiger partial charge in [0, 0.05) is 38.8 Å². The van der Waals surface area contributed by atoms with Crippen molar-refractivity contribution in [2.24, 2.45) is 0 Å². The van der Waals surface area contributed by atoms with Gasteiger partial charge in [0.2, 0.25) is 15.9 Å². The van der Waals surface area contributed by atoms with Gasteiger partial charge in [-0.05, 0) is 37.9 Å². The Kier molecular flexibility index (Phi) is 5.89. The van der Waals surface area contributed by atoms with Crippen LogP contribution in [0.3, 0.4) is 0 Å². The molecule has 3 rings (SSSR count). The molecule has 1 aromatic carbocycles. The van der Waals surface area contributed by atoms with Crippen LogP contribution >= 0.6 is 0 Å². The smallest absolute Gasteiger partial charge is 0.246 e. The molecule has 1 aromatic rings. The molecular formula is C17H23F2N3O3S. The van der Waals surface area contributed by atoms with Gasteiger partial charge in [-0.2, -0.15) is 4.31 Å². The summed E-state index contributed by atoms with van der Waals surface area (Å²) in [6, 6.07) is 2.47. The van der Waals surface area contributed by atoms with Crippen LogP contribution < -0.4 is 0 Å². The molecule has 0 aliphatic carbocycles. The topological polar surface area (TPSA) is 60.9 Å². The lowest BCUT2D eigenvalue weighted by molar-refractivity contribution is -0.131. The lowest BCUT2D eigenvalue weighted by Gasteiger charge is -2.23. The highest BCUT2D eigenvalue weighted by Crippen LogP contribution is 2.21. The Balaban J connectivity index is 1.65. The lowest BCUT2D eigenvalue weighted by Crippen LogP contribution is -2.41. The van der Waals surface area contributed by atoms with Crippen LogP contribution in [0.15, 0.2) is 23.1 Å². The summed E-state index contributed by atoms with van der Waals surface area (Å²) < 4.78 is 53.5. The molecule has 1 amide bonds. The van der Waals surface area contributed by atoms with Gasteiger partial charge in [0.15, 0.2) is 0 Å². The minimum atomic E-state index is -4.03. The van der Waals surface area contributed by atoms with Crippen molar-refractivity contribution < 1.29 is 22.0 Å². The molecule has 2 aliphatic rings. The molecule has 2 heterocycles. The first-order chi connectivity index (χ1) is 12.4. The van der Waals surface area contributed by atoms with Crippen molar-refractivity contribution in [3.8, 4) is 0 Å². The van der Waals surface area contributed by atoms with Gasteiger partial charge in [0.25, 0.3) is 0 Å². The van der Waals surface area contributed by atoms with Gasteiger partial charge < -0.3 is 4.90 Å². The lowest BCUT2D eigenvalue weighted by atomic mass is 10.3. The Morgan fingerprint density at radius 2 is 1.69 bits per heavy atom. The fourth-order valence-corrected chi connectivity index (χ4v) is 4.94. The SMILES string of the molecule is O=C(CN1CCCN(S(=O)(=O)c2ccc(F)cc2F)CC1)N1CCCC1. The standard InChI is InChI=1S/C17H23F2N3O3S/c18-14-4-5-16(15(19)12-14)26(24,25)22-9-3-6-20(10-11-22)13-17(23)21-7-1-2-8-21/h4-5,12H,1-3,6-11,13H2. The van der Waals surface area contributed by atoms with Crippen molar-refractivity contribution in [1.82, 2.24) is 14.1 Å². The van der Waals surface area contributed by atoms with Gasteiger partial charge in [0.05, 0.1) is 6.54 Å². The van der Waals surface area contributed by atoms with E-state index in [1.54, 1.807) is 0 Å². The Labute approximate surface area is 152 Å². The molecule has 2 aliphatic heterocycles. The molecular weight excluding hydrogens is 364 g/mol. The first kappa shape index (κ1) is 19.2. The third kappa shape index (κ3) is 4.21. The number of amides is 1. The number of benzene rings is 1. The molecule has 2 saturated heterocycles. The number of carbonyl (C=O) groups excluding carboxylic acids is 1. The Morgan fingerprint density at radius 3 is 2.38 bits per heavy atom. The number of hydrogen-bond acceptors (Lipinski definition) is 4. The van der Waals surface area contributed by atoms with E-state index in [9.17, 15) is 22.0 Å². The van der Waals surface area contributed by atoms with Gasteiger partial charge in [-0.1, -0.05) is 0 Å². The highest BCUT2D eigenvalue weighted by atomic mass is 32.2. The van der Waals surface area contributed by atoms with E-state index in [1.807, 2.05) is 9.80 Å². The minimum Gasteiger partial charge on any atom is -0.342 e. The number of halogens is 2. The number of carbonyl (C=O) groups is 1. The van der Waals surface area contributed by atoms with Gasteiger partial charge in [0.1, 0.15) is 16.5 Å². The van der Waals surface area contributed by atoms with E-state index in [1.165, 1.54) is 4.31 Å². The maximum Gasteiger partial charge on any atom is 0.246 e. The van der Waals surface area contributed by atoms with Crippen LogP contribution in [0.1, 0.15) is 19.3 Å². The van der Waals surface area contributed by atoms with E-state index in [-0.39, 0.29) is 25.5 Å². The maximum atomic E-state index is 13.9. The van der Waals surface area contributed by atoms with Crippen LogP contribution in [-0.4, -0.2) is 74.2 Å². The van der Waals surface area contributed by atoms with Crippen molar-refractivity contribution in [3.63, 3.8) is 0 Å². The Bertz CT molecular complexity index is 767. The van der Waals surface area contributed by atoms with Crippen LogP contribution in [0.5, 0.6) is 0 Å². The number of likely N-dealkylation sites (tertiary alicyclic amines) is 1. The van der Waals surface area contributed by atoms with Crippen molar-refractivity contribution in [2.75, 3.05) is 45.8 Å². The molecule has 9 heteroatoms. The summed E-state index contributed by atoms with van der Waals surface area (Å²) in [4.78, 5) is 15.5. The molecule has 0 unspecified atom stereocenters. The molecule has 0 aromatic heterocycles. The molecule has 0 bridgehead atoms. The van der Waals surface area contributed by atoms with Gasteiger partial charge in [-0.25, -0.2) is 17.2 Å². The molecule has 144 valence electrons. The van der Waals surface area contributed by atoms with E-state index in [0.717, 1.165) is 38.1 Å². The number of rotatable bonds is 4. The monoisotopic (exact) mass is 387 g/mol. The Hall–Kier alpha value is -1.58. The second-order valence-electron chi connectivity index (χ2n) is 6.70. The highest BCUT2D eigenvalue weighted by molar-refractivity contribution is 7.89. The number of nitrogens with zero attached hydrogens (tertiary/aromatic N) is 3. The van der Waals surface area contributed by atoms with Gasteiger partial charge in [-0.3, -0.25) is 9.69 Å². The summed E-state index contributed by atoms with van der Waals surface area (Å²) in [6.45, 7) is 3.28. The van der Waals surface area contributed by atoms with Crippen molar-refractivity contribution in [2.45, 2.75) is 24.2 Å². The number of sulfonamides is 1. The summed E-state index contributed by atoms with van der Waals surface area (Å²) in [5.41, 5.74) is 0. The highest BCUT2D eigenvalue weighted by Gasteiger charge is 2.30. The summed E-state index contributed by atoms with van der Waals surface area (Å²) in [7, 11) is -4.03. The summed E-state index contributed by atoms with van der Waals surface area (Å²) in [5, 5.41) is 0. The average molecular weight is 387 g/mol. The summed E-state index contributed by atoms with van der Waals surface area (Å²) in [5.74, 6) is -1.83. The third-order valence-electron chi connectivity index (χ3n) is 4.88. The Morgan fingerprint density at radius 1 is 0.962 bits per heavy atom. The second-order valence-corrected chi connectivity index (χ2v) is 8.60. The van der Waals surface area contributed by atoms with Crippen LogP contribution in [0.4, 0.5) is 8.78 Å². The molecule has 0 atom stereocenters. The van der Waals surface area contributed by atoms with Crippen LogP contribution in [0.25, 0.3) is 0 Å². The van der Waals surface area contributed by atoms with E-state index in [0.29, 0.717) is 25.6 Å².